The summed E-state index contributed by atoms with van der Waals surface area (Å²) in [6.07, 6.45) is 0. The van der Waals surface area contributed by atoms with Gasteiger partial charge in [0.05, 0.1) is 35.1 Å². The normalized spacial score (nSPS) is 22.2. The topological polar surface area (TPSA) is 110 Å². The van der Waals surface area contributed by atoms with E-state index in [0.29, 0.717) is 23.6 Å². The van der Waals surface area contributed by atoms with E-state index in [1.807, 2.05) is 6.92 Å². The van der Waals surface area contributed by atoms with Crippen molar-refractivity contribution in [3.05, 3.63) is 64.2 Å². The fourth-order valence-corrected chi connectivity index (χ4v) is 6.05. The number of fused-ring (bicyclic) bond motifs is 1. The van der Waals surface area contributed by atoms with Gasteiger partial charge < -0.3 is 9.64 Å². The van der Waals surface area contributed by atoms with Crippen LogP contribution in [-0.4, -0.2) is 54.5 Å². The molecule has 2 amide bonds. The number of rotatable bonds is 6. The lowest BCUT2D eigenvalue weighted by molar-refractivity contribution is -0.384. The van der Waals surface area contributed by atoms with Crippen LogP contribution in [0.5, 0.6) is 5.75 Å². The van der Waals surface area contributed by atoms with Crippen LogP contribution in [0, 0.1) is 10.1 Å². The van der Waals surface area contributed by atoms with E-state index in [1.54, 1.807) is 36.4 Å². The van der Waals surface area contributed by atoms with Gasteiger partial charge in [-0.2, -0.15) is 0 Å². The summed E-state index contributed by atoms with van der Waals surface area (Å²) in [5, 5.41) is 11.1. The third-order valence-corrected chi connectivity index (χ3v) is 7.08. The third kappa shape index (κ3) is 3.70. The van der Waals surface area contributed by atoms with Gasteiger partial charge in [-0.3, -0.25) is 15.0 Å². The molecule has 0 N–H and O–H groups in total. The summed E-state index contributed by atoms with van der Waals surface area (Å²) < 4.78 is 30.1. The van der Waals surface area contributed by atoms with Crippen LogP contribution < -0.4 is 9.64 Å². The molecule has 0 saturated carbocycles. The summed E-state index contributed by atoms with van der Waals surface area (Å²) in [5.41, 5.74) is 1.10. The van der Waals surface area contributed by atoms with Crippen molar-refractivity contribution in [2.45, 2.75) is 25.6 Å². The molecule has 2 atom stereocenters. The summed E-state index contributed by atoms with van der Waals surface area (Å²) >= 11 is 0. The fourth-order valence-electron chi connectivity index (χ4n) is 4.10. The molecule has 2 aromatic rings. The van der Waals surface area contributed by atoms with Gasteiger partial charge in [-0.15, -0.1) is 0 Å². The number of sulfone groups is 1. The monoisotopic (exact) mass is 431 g/mol. The number of amides is 2. The Morgan fingerprint density at radius 2 is 1.83 bits per heavy atom. The Morgan fingerprint density at radius 3 is 2.50 bits per heavy atom. The number of hydrogen-bond acceptors (Lipinski definition) is 6. The van der Waals surface area contributed by atoms with Crippen LogP contribution in [0.25, 0.3) is 0 Å². The molecule has 30 heavy (non-hydrogen) atoms. The maximum Gasteiger partial charge on any atom is 0.325 e. The van der Waals surface area contributed by atoms with Gasteiger partial charge in [0.15, 0.2) is 9.84 Å². The molecule has 0 aromatic heterocycles. The van der Waals surface area contributed by atoms with Crippen molar-refractivity contribution in [3.8, 4) is 5.75 Å². The zero-order valence-electron chi connectivity index (χ0n) is 16.3. The van der Waals surface area contributed by atoms with Crippen LogP contribution in [0.3, 0.4) is 0 Å². The Kier molecular flexibility index (Phi) is 5.10. The minimum absolute atomic E-state index is 0.0712. The minimum atomic E-state index is -3.30. The third-order valence-electron chi connectivity index (χ3n) is 5.38. The maximum atomic E-state index is 13.3. The predicted molar refractivity (Wildman–Crippen MR) is 110 cm³/mol. The highest BCUT2D eigenvalue weighted by atomic mass is 32.2. The zero-order chi connectivity index (χ0) is 21.5. The standard InChI is InChI=1S/C20H21N3O6S/c1-2-29-17-8-6-15(7-9-17)22-19-13-30(27,28)12-18(19)21(20(22)24)11-14-4-3-5-16(10-14)23(25)26/h3-10,18-19H,2,11-13H2,1H3/t18-,19-/m1/s1. The lowest BCUT2D eigenvalue weighted by Gasteiger charge is -2.23. The van der Waals surface area contributed by atoms with E-state index >= 15 is 0 Å². The van der Waals surface area contributed by atoms with Gasteiger partial charge in [-0.1, -0.05) is 12.1 Å². The molecule has 0 radical (unpaired) electrons. The second-order valence-corrected chi connectivity index (χ2v) is 9.50. The Bertz CT molecular complexity index is 1090. The second-order valence-electron chi connectivity index (χ2n) is 7.35. The van der Waals surface area contributed by atoms with E-state index in [1.165, 1.54) is 21.9 Å². The number of nitrogens with zero attached hydrogens (tertiary/aromatic N) is 3. The van der Waals surface area contributed by atoms with Crippen molar-refractivity contribution in [2.75, 3.05) is 23.0 Å². The van der Waals surface area contributed by atoms with Gasteiger partial charge in [-0.25, -0.2) is 13.2 Å². The quantitative estimate of drug-likeness (QED) is 0.395. The Hall–Kier alpha value is -3.14. The smallest absolute Gasteiger partial charge is 0.325 e. The Labute approximate surface area is 173 Å². The molecule has 9 nitrogen and oxygen atoms in total. The number of anilines is 1. The zero-order valence-corrected chi connectivity index (χ0v) is 17.1. The highest BCUT2D eigenvalue weighted by Gasteiger charge is 2.53. The van der Waals surface area contributed by atoms with Gasteiger partial charge in [0, 0.05) is 24.4 Å². The first-order valence-electron chi connectivity index (χ1n) is 9.55. The fraction of sp³-hybridized carbons (Fsp3) is 0.350. The Balaban J connectivity index is 1.65. The molecular weight excluding hydrogens is 410 g/mol. The van der Waals surface area contributed by atoms with Crippen molar-refractivity contribution >= 4 is 27.2 Å². The van der Waals surface area contributed by atoms with Crippen LogP contribution in [-0.2, 0) is 16.4 Å². The van der Waals surface area contributed by atoms with Crippen LogP contribution in [0.15, 0.2) is 48.5 Å². The van der Waals surface area contributed by atoms with Crippen molar-refractivity contribution < 1.29 is 22.9 Å². The highest BCUT2D eigenvalue weighted by Crippen LogP contribution is 2.36. The van der Waals surface area contributed by atoms with Gasteiger partial charge in [-0.05, 0) is 36.8 Å². The molecule has 158 valence electrons. The summed E-state index contributed by atoms with van der Waals surface area (Å²) in [7, 11) is -3.30. The van der Waals surface area contributed by atoms with Crippen LogP contribution >= 0.6 is 0 Å². The van der Waals surface area contributed by atoms with E-state index < -0.39 is 26.8 Å². The molecule has 2 fully saturated rings. The minimum Gasteiger partial charge on any atom is -0.494 e. The molecule has 2 aromatic carbocycles. The van der Waals surface area contributed by atoms with E-state index in [0.717, 1.165) is 0 Å². The van der Waals surface area contributed by atoms with E-state index in [-0.39, 0.29) is 29.8 Å². The Morgan fingerprint density at radius 1 is 1.13 bits per heavy atom. The molecule has 0 aliphatic carbocycles. The molecule has 0 bridgehead atoms. The van der Waals surface area contributed by atoms with E-state index in [2.05, 4.69) is 0 Å². The van der Waals surface area contributed by atoms with Crippen molar-refractivity contribution in [2.24, 2.45) is 0 Å². The highest BCUT2D eigenvalue weighted by molar-refractivity contribution is 7.91. The summed E-state index contributed by atoms with van der Waals surface area (Å²) in [4.78, 5) is 26.8. The average molecular weight is 431 g/mol. The first kappa shape index (κ1) is 20.1. The molecule has 4 rings (SSSR count). The molecule has 2 aliphatic heterocycles. The van der Waals surface area contributed by atoms with Crippen LogP contribution in [0.2, 0.25) is 0 Å². The van der Waals surface area contributed by atoms with E-state index in [9.17, 15) is 23.3 Å². The van der Waals surface area contributed by atoms with Crippen LogP contribution in [0.4, 0.5) is 16.2 Å². The maximum absolute atomic E-state index is 13.3. The number of benzene rings is 2. The summed E-state index contributed by atoms with van der Waals surface area (Å²) in [5.74, 6) is 0.436. The first-order valence-corrected chi connectivity index (χ1v) is 11.4. The predicted octanol–water partition coefficient (Wildman–Crippen LogP) is 2.60. The summed E-state index contributed by atoms with van der Waals surface area (Å²) in [6, 6.07) is 11.7. The molecule has 0 spiro atoms. The molecule has 2 aliphatic rings. The van der Waals surface area contributed by atoms with Gasteiger partial charge >= 0.3 is 6.03 Å². The van der Waals surface area contributed by atoms with E-state index in [4.69, 9.17) is 4.74 Å². The molecule has 0 unspecified atom stereocenters. The van der Waals surface area contributed by atoms with Crippen molar-refractivity contribution in [3.63, 3.8) is 0 Å². The molecule has 2 saturated heterocycles. The number of non-ortho nitro benzene ring substituents is 1. The number of ether oxygens (including phenoxy) is 1. The summed E-state index contributed by atoms with van der Waals surface area (Å²) in [6.45, 7) is 2.49. The number of nitro benzene ring substituents is 1. The van der Waals surface area contributed by atoms with Gasteiger partial charge in [0.1, 0.15) is 5.75 Å². The average Bonchev–Trinajstić information content (AvgIpc) is 3.13. The number of hydrogen-bond donors (Lipinski definition) is 0. The van der Waals surface area contributed by atoms with Gasteiger partial charge in [0.2, 0.25) is 0 Å². The number of carbonyl (C=O) groups is 1. The first-order chi connectivity index (χ1) is 14.3. The SMILES string of the molecule is CCOc1ccc(N2C(=O)N(Cc3cccc([N+](=O)[O-])c3)[C@@H]3CS(=O)(=O)C[C@H]32)cc1. The van der Waals surface area contributed by atoms with Crippen LogP contribution in [0.1, 0.15) is 12.5 Å². The molecular formula is C20H21N3O6S. The molecule has 10 heteroatoms. The molecule has 2 heterocycles. The largest absolute Gasteiger partial charge is 0.494 e. The van der Waals surface area contributed by atoms with Crippen molar-refractivity contribution in [1.82, 2.24) is 4.90 Å². The lowest BCUT2D eigenvalue weighted by atomic mass is 10.1. The second kappa shape index (κ2) is 7.60. The lowest BCUT2D eigenvalue weighted by Crippen LogP contribution is -2.37. The van der Waals surface area contributed by atoms with Gasteiger partial charge in [0.25, 0.3) is 5.69 Å². The van der Waals surface area contributed by atoms with Crippen molar-refractivity contribution in [1.29, 1.82) is 0 Å². The number of carbonyl (C=O) groups excluding carboxylic acids is 1. The number of nitro groups is 1. The number of urea groups is 1.